The van der Waals surface area contributed by atoms with Gasteiger partial charge in [0.15, 0.2) is 0 Å². The number of likely N-dealkylation sites (N-methyl/N-ethyl adjacent to an activating group) is 1. The molecule has 2 unspecified atom stereocenters. The monoisotopic (exact) mass is 376 g/mol. The zero-order chi connectivity index (χ0) is 16.1. The highest BCUT2D eigenvalue weighted by atomic mass is 35.5. The number of benzene rings is 1. The summed E-state index contributed by atoms with van der Waals surface area (Å²) in [6.45, 7) is 0.334. The van der Waals surface area contributed by atoms with E-state index in [0.717, 1.165) is 24.9 Å². The molecule has 0 saturated heterocycles. The molecule has 0 radical (unpaired) electrons. The Balaban J connectivity index is 0.00000264. The van der Waals surface area contributed by atoms with Gasteiger partial charge in [0.25, 0.3) is 0 Å². The van der Waals surface area contributed by atoms with Crippen molar-refractivity contribution in [1.29, 1.82) is 0 Å². The standard InChI is InChI=1S/C16H24N4O2.2ClH/c1-20(2)10-15(21)18-13-5-7-14(8-6-13)19-16(22)11-3-4-12(17)9-11;;/h5-8,11-12H,3-4,9-10,17H2,1-2H3,(H,18,21)(H,19,22);2*1H. The van der Waals surface area contributed by atoms with E-state index in [1.165, 1.54) is 0 Å². The molecule has 2 atom stereocenters. The topological polar surface area (TPSA) is 87.5 Å². The van der Waals surface area contributed by atoms with Crippen LogP contribution in [0.25, 0.3) is 0 Å². The van der Waals surface area contributed by atoms with Gasteiger partial charge in [-0.2, -0.15) is 0 Å². The normalized spacial score (nSPS) is 19.2. The minimum Gasteiger partial charge on any atom is -0.328 e. The van der Waals surface area contributed by atoms with Gasteiger partial charge in [0, 0.05) is 23.3 Å². The molecule has 1 aliphatic rings. The highest BCUT2D eigenvalue weighted by Crippen LogP contribution is 2.25. The number of nitrogens with two attached hydrogens (primary N) is 1. The molecule has 0 spiro atoms. The summed E-state index contributed by atoms with van der Waals surface area (Å²) in [5, 5.41) is 5.71. The summed E-state index contributed by atoms with van der Waals surface area (Å²) in [5.41, 5.74) is 7.28. The van der Waals surface area contributed by atoms with Crippen molar-refractivity contribution >= 4 is 48.0 Å². The van der Waals surface area contributed by atoms with E-state index in [0.29, 0.717) is 12.2 Å². The fraction of sp³-hybridized carbons (Fsp3) is 0.500. The van der Waals surface area contributed by atoms with Crippen molar-refractivity contribution < 1.29 is 9.59 Å². The van der Waals surface area contributed by atoms with Gasteiger partial charge < -0.3 is 21.3 Å². The lowest BCUT2D eigenvalue weighted by molar-refractivity contribution is -0.119. The molecule has 0 bridgehead atoms. The minimum absolute atomic E-state index is 0. The van der Waals surface area contributed by atoms with Crippen LogP contribution in [0.3, 0.4) is 0 Å². The molecular weight excluding hydrogens is 351 g/mol. The molecule has 24 heavy (non-hydrogen) atoms. The van der Waals surface area contributed by atoms with Crippen molar-refractivity contribution in [2.24, 2.45) is 11.7 Å². The number of anilines is 2. The summed E-state index contributed by atoms with van der Waals surface area (Å²) in [5.74, 6) is -0.0338. The van der Waals surface area contributed by atoms with Gasteiger partial charge in [-0.3, -0.25) is 9.59 Å². The number of carbonyl (C=O) groups is 2. The average molecular weight is 377 g/mol. The fourth-order valence-electron chi connectivity index (χ4n) is 2.62. The van der Waals surface area contributed by atoms with E-state index in [1.807, 2.05) is 14.1 Å². The van der Waals surface area contributed by atoms with Crippen molar-refractivity contribution in [2.75, 3.05) is 31.3 Å². The van der Waals surface area contributed by atoms with Crippen LogP contribution in [0.15, 0.2) is 24.3 Å². The summed E-state index contributed by atoms with van der Waals surface area (Å²) >= 11 is 0. The highest BCUT2D eigenvalue weighted by molar-refractivity contribution is 5.94. The lowest BCUT2D eigenvalue weighted by atomic mass is 10.1. The first-order valence-electron chi connectivity index (χ1n) is 7.55. The van der Waals surface area contributed by atoms with Crippen LogP contribution >= 0.6 is 24.8 Å². The zero-order valence-electron chi connectivity index (χ0n) is 14.0. The van der Waals surface area contributed by atoms with Crippen molar-refractivity contribution in [3.05, 3.63) is 24.3 Å². The molecule has 0 aromatic heterocycles. The molecule has 4 N–H and O–H groups in total. The molecule has 1 aromatic rings. The third kappa shape index (κ3) is 7.05. The molecule has 2 rings (SSSR count). The van der Waals surface area contributed by atoms with E-state index in [4.69, 9.17) is 5.73 Å². The maximum absolute atomic E-state index is 12.1. The largest absolute Gasteiger partial charge is 0.328 e. The lowest BCUT2D eigenvalue weighted by Gasteiger charge is -2.12. The number of halogens is 2. The Hall–Kier alpha value is -1.34. The average Bonchev–Trinajstić information content (AvgIpc) is 2.87. The van der Waals surface area contributed by atoms with Crippen molar-refractivity contribution in [3.8, 4) is 0 Å². The van der Waals surface area contributed by atoms with E-state index in [2.05, 4.69) is 10.6 Å². The van der Waals surface area contributed by atoms with Crippen LogP contribution in [0.5, 0.6) is 0 Å². The van der Waals surface area contributed by atoms with Gasteiger partial charge >= 0.3 is 0 Å². The Morgan fingerprint density at radius 1 is 1.08 bits per heavy atom. The number of hydrogen-bond acceptors (Lipinski definition) is 4. The Labute approximate surface area is 155 Å². The molecule has 1 fully saturated rings. The second-order valence-corrected chi connectivity index (χ2v) is 6.12. The number of nitrogens with zero attached hydrogens (tertiary/aromatic N) is 1. The second-order valence-electron chi connectivity index (χ2n) is 6.12. The van der Waals surface area contributed by atoms with Gasteiger partial charge in [-0.25, -0.2) is 0 Å². The quantitative estimate of drug-likeness (QED) is 0.733. The number of carbonyl (C=O) groups excluding carboxylic acids is 2. The number of amides is 2. The van der Waals surface area contributed by atoms with Gasteiger partial charge in [-0.05, 0) is 57.6 Å². The maximum Gasteiger partial charge on any atom is 0.238 e. The fourth-order valence-corrected chi connectivity index (χ4v) is 2.62. The molecule has 2 amide bonds. The van der Waals surface area contributed by atoms with Gasteiger partial charge in [0.05, 0.1) is 6.54 Å². The third-order valence-corrected chi connectivity index (χ3v) is 3.74. The number of rotatable bonds is 5. The zero-order valence-corrected chi connectivity index (χ0v) is 15.6. The summed E-state index contributed by atoms with van der Waals surface area (Å²) in [6.07, 6.45) is 2.52. The molecule has 1 aromatic carbocycles. The first-order chi connectivity index (χ1) is 10.4. The molecular formula is C16H26Cl2N4O2. The van der Waals surface area contributed by atoms with Crippen LogP contribution in [-0.2, 0) is 9.59 Å². The third-order valence-electron chi connectivity index (χ3n) is 3.74. The highest BCUT2D eigenvalue weighted by Gasteiger charge is 2.27. The summed E-state index contributed by atoms with van der Waals surface area (Å²) < 4.78 is 0. The molecule has 8 heteroatoms. The Bertz CT molecular complexity index is 537. The van der Waals surface area contributed by atoms with Gasteiger partial charge in [0.2, 0.25) is 11.8 Å². The van der Waals surface area contributed by atoms with E-state index >= 15 is 0 Å². The second kappa shape index (κ2) is 10.5. The van der Waals surface area contributed by atoms with Crippen molar-refractivity contribution in [3.63, 3.8) is 0 Å². The van der Waals surface area contributed by atoms with Gasteiger partial charge in [-0.15, -0.1) is 24.8 Å². The van der Waals surface area contributed by atoms with Crippen LogP contribution in [0, 0.1) is 5.92 Å². The predicted octanol–water partition coefficient (Wildman–Crippen LogP) is 2.10. The predicted molar refractivity (Wildman–Crippen MR) is 102 cm³/mol. The van der Waals surface area contributed by atoms with E-state index in [1.54, 1.807) is 29.2 Å². The first-order valence-corrected chi connectivity index (χ1v) is 7.55. The van der Waals surface area contributed by atoms with Gasteiger partial charge in [-0.1, -0.05) is 0 Å². The van der Waals surface area contributed by atoms with E-state index in [9.17, 15) is 9.59 Å². The molecule has 0 heterocycles. The Kier molecular flexibility index (Phi) is 9.92. The molecule has 136 valence electrons. The maximum atomic E-state index is 12.1. The lowest BCUT2D eigenvalue weighted by Crippen LogP contribution is -2.27. The smallest absolute Gasteiger partial charge is 0.238 e. The Morgan fingerprint density at radius 3 is 2.08 bits per heavy atom. The van der Waals surface area contributed by atoms with Crippen LogP contribution in [-0.4, -0.2) is 43.4 Å². The molecule has 0 aliphatic heterocycles. The molecule has 6 nitrogen and oxygen atoms in total. The summed E-state index contributed by atoms with van der Waals surface area (Å²) in [4.78, 5) is 25.6. The van der Waals surface area contributed by atoms with E-state index in [-0.39, 0.29) is 48.6 Å². The minimum atomic E-state index is -0.0678. The Morgan fingerprint density at radius 2 is 1.62 bits per heavy atom. The van der Waals surface area contributed by atoms with Crippen LogP contribution in [0.1, 0.15) is 19.3 Å². The first kappa shape index (κ1) is 22.7. The van der Waals surface area contributed by atoms with E-state index < -0.39 is 0 Å². The van der Waals surface area contributed by atoms with Crippen LogP contribution in [0.4, 0.5) is 11.4 Å². The summed E-state index contributed by atoms with van der Waals surface area (Å²) in [6, 6.07) is 7.29. The molecule has 1 aliphatic carbocycles. The SMILES string of the molecule is CN(C)CC(=O)Nc1ccc(NC(=O)C2CCC(N)C2)cc1.Cl.Cl. The molecule has 1 saturated carbocycles. The van der Waals surface area contributed by atoms with Crippen LogP contribution < -0.4 is 16.4 Å². The van der Waals surface area contributed by atoms with Gasteiger partial charge in [0.1, 0.15) is 0 Å². The van der Waals surface area contributed by atoms with Crippen LogP contribution in [0.2, 0.25) is 0 Å². The number of nitrogens with one attached hydrogen (secondary N) is 2. The van der Waals surface area contributed by atoms with Crippen molar-refractivity contribution in [2.45, 2.75) is 25.3 Å². The van der Waals surface area contributed by atoms with Crippen molar-refractivity contribution in [1.82, 2.24) is 4.90 Å². The summed E-state index contributed by atoms with van der Waals surface area (Å²) in [7, 11) is 3.68. The number of hydrogen-bond donors (Lipinski definition) is 3.